The van der Waals surface area contributed by atoms with E-state index < -0.39 is 0 Å². The van der Waals surface area contributed by atoms with E-state index in [2.05, 4.69) is 19.8 Å². The van der Waals surface area contributed by atoms with Gasteiger partial charge in [0.05, 0.1) is 7.11 Å². The number of hydrogen-bond donors (Lipinski definition) is 0. The molecule has 0 aliphatic carbocycles. The molecule has 2 aliphatic rings. The highest BCUT2D eigenvalue weighted by molar-refractivity contribution is 5.76. The summed E-state index contributed by atoms with van der Waals surface area (Å²) >= 11 is 0. The molecule has 0 atom stereocenters. The fraction of sp³-hybridized carbons (Fsp3) is 0.706. The van der Waals surface area contributed by atoms with Crippen LogP contribution in [-0.4, -0.2) is 78.6 Å². The summed E-state index contributed by atoms with van der Waals surface area (Å²) < 4.78 is 5.15. The number of likely N-dealkylation sites (tertiary alicyclic amines) is 1. The minimum atomic E-state index is 0.270. The van der Waals surface area contributed by atoms with E-state index in [4.69, 9.17) is 4.74 Å². The Morgan fingerprint density at radius 1 is 1.12 bits per heavy atom. The number of piperidine rings is 1. The zero-order valence-corrected chi connectivity index (χ0v) is 14.5. The van der Waals surface area contributed by atoms with E-state index in [1.54, 1.807) is 19.4 Å². The largest absolute Gasteiger partial charge is 0.481 e. The zero-order valence-electron chi connectivity index (χ0n) is 14.5. The summed E-state index contributed by atoms with van der Waals surface area (Å²) in [6, 6.07) is 1.74. The Kier molecular flexibility index (Phi) is 5.85. The van der Waals surface area contributed by atoms with Gasteiger partial charge in [0.25, 0.3) is 0 Å². The number of rotatable bonds is 5. The topological polar surface area (TPSA) is 61.8 Å². The van der Waals surface area contributed by atoms with Gasteiger partial charge in [-0.2, -0.15) is 4.98 Å². The molecule has 0 aromatic carbocycles. The quantitative estimate of drug-likeness (QED) is 0.801. The average Bonchev–Trinajstić information content (AvgIpc) is 2.67. The van der Waals surface area contributed by atoms with E-state index in [1.165, 1.54) is 19.3 Å². The molecular formula is C17H27N5O2. The van der Waals surface area contributed by atoms with Crippen LogP contribution in [0.2, 0.25) is 0 Å². The average molecular weight is 333 g/mol. The fourth-order valence-electron chi connectivity index (χ4n) is 3.35. The number of hydrogen-bond acceptors (Lipinski definition) is 6. The van der Waals surface area contributed by atoms with Gasteiger partial charge in [0.15, 0.2) is 0 Å². The van der Waals surface area contributed by atoms with Crippen LogP contribution in [0.15, 0.2) is 12.3 Å². The lowest BCUT2D eigenvalue weighted by Gasteiger charge is -2.35. The first kappa shape index (κ1) is 17.0. The first-order valence-corrected chi connectivity index (χ1v) is 8.88. The van der Waals surface area contributed by atoms with E-state index in [0.717, 1.165) is 45.8 Å². The standard InChI is InChI=1S/C17H27N5O2/c1-24-15-5-7-18-17(19-15)22-13-11-21(12-14-22)16(23)6-10-20-8-3-2-4-9-20/h5,7H,2-4,6,8-14H2,1H3. The summed E-state index contributed by atoms with van der Waals surface area (Å²) in [5.74, 6) is 1.52. The second kappa shape index (κ2) is 8.28. The van der Waals surface area contributed by atoms with Crippen LogP contribution < -0.4 is 9.64 Å². The van der Waals surface area contributed by atoms with Crippen molar-refractivity contribution in [2.24, 2.45) is 0 Å². The summed E-state index contributed by atoms with van der Waals surface area (Å²) in [6.45, 7) is 6.20. The van der Waals surface area contributed by atoms with Gasteiger partial charge in [0.1, 0.15) is 0 Å². The number of carbonyl (C=O) groups is 1. The first-order valence-electron chi connectivity index (χ1n) is 8.88. The number of anilines is 1. The van der Waals surface area contributed by atoms with Crippen molar-refractivity contribution in [2.75, 3.05) is 57.8 Å². The van der Waals surface area contributed by atoms with Crippen LogP contribution in [0.25, 0.3) is 0 Å². The monoisotopic (exact) mass is 333 g/mol. The highest BCUT2D eigenvalue weighted by Gasteiger charge is 2.23. The van der Waals surface area contributed by atoms with Crippen molar-refractivity contribution in [3.8, 4) is 5.88 Å². The maximum Gasteiger partial charge on any atom is 0.228 e. The molecule has 2 aliphatic heterocycles. The number of nitrogens with zero attached hydrogens (tertiary/aromatic N) is 5. The second-order valence-corrected chi connectivity index (χ2v) is 6.42. The van der Waals surface area contributed by atoms with Gasteiger partial charge in [0.2, 0.25) is 17.7 Å². The molecular weight excluding hydrogens is 306 g/mol. The maximum absolute atomic E-state index is 12.4. The van der Waals surface area contributed by atoms with Crippen LogP contribution >= 0.6 is 0 Å². The van der Waals surface area contributed by atoms with Crippen molar-refractivity contribution in [2.45, 2.75) is 25.7 Å². The zero-order chi connectivity index (χ0) is 16.8. The van der Waals surface area contributed by atoms with Crippen LogP contribution in [-0.2, 0) is 4.79 Å². The third-order valence-electron chi connectivity index (χ3n) is 4.83. The third-order valence-corrected chi connectivity index (χ3v) is 4.83. The van der Waals surface area contributed by atoms with Crippen molar-refractivity contribution in [3.05, 3.63) is 12.3 Å². The molecule has 0 radical (unpaired) electrons. The first-order chi connectivity index (χ1) is 11.8. The third kappa shape index (κ3) is 4.35. The number of piperazine rings is 1. The van der Waals surface area contributed by atoms with Crippen LogP contribution in [0.5, 0.6) is 5.88 Å². The van der Waals surface area contributed by atoms with Crippen molar-refractivity contribution in [1.82, 2.24) is 19.8 Å². The van der Waals surface area contributed by atoms with Gasteiger partial charge in [-0.25, -0.2) is 4.98 Å². The summed E-state index contributed by atoms with van der Waals surface area (Å²) in [4.78, 5) is 27.6. The maximum atomic E-state index is 12.4. The van der Waals surface area contributed by atoms with Crippen molar-refractivity contribution >= 4 is 11.9 Å². The van der Waals surface area contributed by atoms with Gasteiger partial charge in [-0.3, -0.25) is 4.79 Å². The molecule has 0 bridgehead atoms. The fourth-order valence-corrected chi connectivity index (χ4v) is 3.35. The molecule has 3 rings (SSSR count). The van der Waals surface area contributed by atoms with E-state index in [1.807, 2.05) is 4.90 Å². The Hall–Kier alpha value is -1.89. The van der Waals surface area contributed by atoms with Gasteiger partial charge in [-0.1, -0.05) is 6.42 Å². The molecule has 1 aromatic rings. The van der Waals surface area contributed by atoms with E-state index in [9.17, 15) is 4.79 Å². The molecule has 0 saturated carbocycles. The molecule has 7 heteroatoms. The molecule has 0 spiro atoms. The minimum absolute atomic E-state index is 0.270. The molecule has 3 heterocycles. The Bertz CT molecular complexity index is 540. The highest BCUT2D eigenvalue weighted by Crippen LogP contribution is 2.15. The number of amides is 1. The molecule has 2 saturated heterocycles. The number of carbonyl (C=O) groups excluding carboxylic acids is 1. The molecule has 7 nitrogen and oxygen atoms in total. The predicted molar refractivity (Wildman–Crippen MR) is 92.3 cm³/mol. The Morgan fingerprint density at radius 2 is 1.88 bits per heavy atom. The van der Waals surface area contributed by atoms with Gasteiger partial charge < -0.3 is 19.4 Å². The van der Waals surface area contributed by atoms with E-state index in [-0.39, 0.29) is 5.91 Å². The van der Waals surface area contributed by atoms with Gasteiger partial charge >= 0.3 is 0 Å². The number of aromatic nitrogens is 2. The number of ether oxygens (including phenoxy) is 1. The van der Waals surface area contributed by atoms with Crippen molar-refractivity contribution in [1.29, 1.82) is 0 Å². The van der Waals surface area contributed by atoms with Crippen molar-refractivity contribution < 1.29 is 9.53 Å². The smallest absolute Gasteiger partial charge is 0.228 e. The lowest BCUT2D eigenvalue weighted by molar-refractivity contribution is -0.131. The summed E-state index contributed by atoms with van der Waals surface area (Å²) in [7, 11) is 1.60. The van der Waals surface area contributed by atoms with Crippen molar-refractivity contribution in [3.63, 3.8) is 0 Å². The second-order valence-electron chi connectivity index (χ2n) is 6.42. The summed E-state index contributed by atoms with van der Waals surface area (Å²) in [5.41, 5.74) is 0. The molecule has 2 fully saturated rings. The Labute approximate surface area is 143 Å². The Balaban J connectivity index is 1.44. The summed E-state index contributed by atoms with van der Waals surface area (Å²) in [5, 5.41) is 0. The van der Waals surface area contributed by atoms with E-state index >= 15 is 0 Å². The molecule has 24 heavy (non-hydrogen) atoms. The normalized spacial score (nSPS) is 19.4. The van der Waals surface area contributed by atoms with Crippen LogP contribution in [0.1, 0.15) is 25.7 Å². The summed E-state index contributed by atoms with van der Waals surface area (Å²) in [6.07, 6.45) is 6.21. The SMILES string of the molecule is COc1ccnc(N2CCN(C(=O)CCN3CCCCC3)CC2)n1. The van der Waals surface area contributed by atoms with E-state index in [0.29, 0.717) is 18.2 Å². The molecule has 0 unspecified atom stereocenters. The van der Waals surface area contributed by atoms with Gasteiger partial charge in [-0.05, 0) is 25.9 Å². The molecule has 1 amide bonds. The predicted octanol–water partition coefficient (Wildman–Crippen LogP) is 1.01. The van der Waals surface area contributed by atoms with Gasteiger partial charge in [0, 0.05) is 51.4 Å². The van der Waals surface area contributed by atoms with Crippen LogP contribution in [0, 0.1) is 0 Å². The highest BCUT2D eigenvalue weighted by atomic mass is 16.5. The van der Waals surface area contributed by atoms with Crippen LogP contribution in [0.4, 0.5) is 5.95 Å². The number of methoxy groups -OCH3 is 1. The molecule has 0 N–H and O–H groups in total. The molecule has 132 valence electrons. The lowest BCUT2D eigenvalue weighted by Crippen LogP contribution is -2.49. The van der Waals surface area contributed by atoms with Crippen LogP contribution in [0.3, 0.4) is 0 Å². The Morgan fingerprint density at radius 3 is 2.58 bits per heavy atom. The lowest BCUT2D eigenvalue weighted by atomic mass is 10.1. The molecule has 1 aromatic heterocycles. The minimum Gasteiger partial charge on any atom is -0.481 e. The van der Waals surface area contributed by atoms with Gasteiger partial charge in [-0.15, -0.1) is 0 Å².